The molecule has 1 unspecified atom stereocenters. The monoisotopic (exact) mass is 268 g/mol. The highest BCUT2D eigenvalue weighted by Gasteiger charge is 2.16. The van der Waals surface area contributed by atoms with Gasteiger partial charge in [-0.1, -0.05) is 0 Å². The Bertz CT molecular complexity index is 248. The molecule has 1 saturated heterocycles. The number of amides is 1. The van der Waals surface area contributed by atoms with E-state index in [1.54, 1.807) is 0 Å². The van der Waals surface area contributed by atoms with Gasteiger partial charge in [0.25, 0.3) is 0 Å². The molecular formula is C15H30N3O. The SMILES string of the molecule is CCN(CC)C(=O)CCCC(C)NC1CC[N]CC1. The first kappa shape index (κ1) is 16.4. The van der Waals surface area contributed by atoms with Gasteiger partial charge in [0.15, 0.2) is 0 Å². The second kappa shape index (κ2) is 9.32. The van der Waals surface area contributed by atoms with Crippen LogP contribution >= 0.6 is 0 Å². The minimum Gasteiger partial charge on any atom is -0.343 e. The molecule has 0 aromatic rings. The average Bonchev–Trinajstić information content (AvgIpc) is 2.41. The Hall–Kier alpha value is -0.610. The molecule has 0 aliphatic carbocycles. The molecule has 0 saturated carbocycles. The molecule has 1 fully saturated rings. The lowest BCUT2D eigenvalue weighted by Crippen LogP contribution is -2.42. The number of nitrogens with one attached hydrogen (secondary N) is 1. The third kappa shape index (κ3) is 6.39. The molecule has 1 rings (SSSR count). The van der Waals surface area contributed by atoms with Crippen LogP contribution in [-0.4, -0.2) is 49.1 Å². The Morgan fingerprint density at radius 1 is 1.32 bits per heavy atom. The summed E-state index contributed by atoms with van der Waals surface area (Å²) in [7, 11) is 0. The summed E-state index contributed by atoms with van der Waals surface area (Å²) >= 11 is 0. The number of carbonyl (C=O) groups excluding carboxylic acids is 1. The Labute approximate surface area is 118 Å². The maximum atomic E-state index is 11.9. The van der Waals surface area contributed by atoms with Crippen molar-refractivity contribution in [1.29, 1.82) is 0 Å². The van der Waals surface area contributed by atoms with Crippen molar-refractivity contribution in [2.75, 3.05) is 26.2 Å². The summed E-state index contributed by atoms with van der Waals surface area (Å²) in [6.45, 7) is 9.98. The molecule has 1 atom stereocenters. The van der Waals surface area contributed by atoms with Gasteiger partial charge in [0, 0.05) is 44.7 Å². The summed E-state index contributed by atoms with van der Waals surface area (Å²) in [5.74, 6) is 0.300. The van der Waals surface area contributed by atoms with Crippen molar-refractivity contribution in [1.82, 2.24) is 15.5 Å². The van der Waals surface area contributed by atoms with Crippen LogP contribution < -0.4 is 10.6 Å². The van der Waals surface area contributed by atoms with E-state index in [4.69, 9.17) is 0 Å². The van der Waals surface area contributed by atoms with Crippen LogP contribution in [0.25, 0.3) is 0 Å². The van der Waals surface area contributed by atoms with E-state index in [2.05, 4.69) is 17.6 Å². The molecule has 1 aliphatic heterocycles. The second-order valence-electron chi connectivity index (χ2n) is 5.47. The summed E-state index contributed by atoms with van der Waals surface area (Å²) in [6, 6.07) is 1.14. The first-order chi connectivity index (χ1) is 9.17. The van der Waals surface area contributed by atoms with Gasteiger partial charge < -0.3 is 10.2 Å². The van der Waals surface area contributed by atoms with Crippen molar-refractivity contribution < 1.29 is 4.79 Å². The minimum absolute atomic E-state index is 0.300. The van der Waals surface area contributed by atoms with Crippen molar-refractivity contribution >= 4 is 5.91 Å². The van der Waals surface area contributed by atoms with E-state index in [9.17, 15) is 4.79 Å². The Kier molecular flexibility index (Phi) is 8.07. The lowest BCUT2D eigenvalue weighted by molar-refractivity contribution is -0.130. The maximum absolute atomic E-state index is 11.9. The zero-order valence-corrected chi connectivity index (χ0v) is 12.8. The number of carbonyl (C=O) groups is 1. The van der Waals surface area contributed by atoms with Crippen molar-refractivity contribution in [3.05, 3.63) is 0 Å². The fraction of sp³-hybridized carbons (Fsp3) is 0.933. The summed E-state index contributed by atoms with van der Waals surface area (Å²) in [6.07, 6.45) is 5.10. The van der Waals surface area contributed by atoms with E-state index in [1.165, 1.54) is 12.8 Å². The van der Waals surface area contributed by atoms with Gasteiger partial charge in [0.05, 0.1) is 0 Å². The van der Waals surface area contributed by atoms with Crippen molar-refractivity contribution in [3.63, 3.8) is 0 Å². The third-order valence-corrected chi connectivity index (χ3v) is 3.94. The summed E-state index contributed by atoms with van der Waals surface area (Å²) < 4.78 is 0. The maximum Gasteiger partial charge on any atom is 0.222 e. The minimum atomic E-state index is 0.300. The first-order valence-electron chi connectivity index (χ1n) is 7.84. The zero-order chi connectivity index (χ0) is 14.1. The van der Waals surface area contributed by atoms with E-state index < -0.39 is 0 Å². The molecule has 1 amide bonds. The molecule has 1 heterocycles. The predicted molar refractivity (Wildman–Crippen MR) is 79.3 cm³/mol. The molecule has 1 aliphatic rings. The molecule has 19 heavy (non-hydrogen) atoms. The fourth-order valence-corrected chi connectivity index (χ4v) is 2.70. The first-order valence-corrected chi connectivity index (χ1v) is 7.84. The van der Waals surface area contributed by atoms with Gasteiger partial charge in [-0.05, 0) is 46.5 Å². The van der Waals surface area contributed by atoms with Crippen LogP contribution in [0.3, 0.4) is 0 Å². The Morgan fingerprint density at radius 3 is 2.53 bits per heavy atom. The van der Waals surface area contributed by atoms with Gasteiger partial charge in [-0.3, -0.25) is 4.79 Å². The molecule has 1 radical (unpaired) electrons. The van der Waals surface area contributed by atoms with Gasteiger partial charge >= 0.3 is 0 Å². The lowest BCUT2D eigenvalue weighted by atomic mass is 10.0. The fourth-order valence-electron chi connectivity index (χ4n) is 2.70. The Balaban J connectivity index is 2.12. The second-order valence-corrected chi connectivity index (χ2v) is 5.47. The predicted octanol–water partition coefficient (Wildman–Crippen LogP) is 1.77. The van der Waals surface area contributed by atoms with Gasteiger partial charge in [-0.15, -0.1) is 0 Å². The van der Waals surface area contributed by atoms with Crippen LogP contribution in [0.4, 0.5) is 0 Å². The molecule has 1 N–H and O–H groups in total. The van der Waals surface area contributed by atoms with E-state index >= 15 is 0 Å². The summed E-state index contributed by atoms with van der Waals surface area (Å²) in [5.41, 5.74) is 0. The number of rotatable bonds is 8. The van der Waals surface area contributed by atoms with Crippen LogP contribution in [0.15, 0.2) is 0 Å². The van der Waals surface area contributed by atoms with Crippen molar-refractivity contribution in [2.45, 2.75) is 65.0 Å². The molecule has 0 bridgehead atoms. The summed E-state index contributed by atoms with van der Waals surface area (Å²) in [5, 5.41) is 8.03. The van der Waals surface area contributed by atoms with Crippen LogP contribution in [-0.2, 0) is 4.79 Å². The van der Waals surface area contributed by atoms with Crippen LogP contribution in [0.2, 0.25) is 0 Å². The van der Waals surface area contributed by atoms with E-state index in [0.717, 1.165) is 39.0 Å². The zero-order valence-electron chi connectivity index (χ0n) is 12.8. The number of hydrogen-bond donors (Lipinski definition) is 1. The number of nitrogens with zero attached hydrogens (tertiary/aromatic N) is 2. The van der Waals surface area contributed by atoms with E-state index in [0.29, 0.717) is 24.4 Å². The average molecular weight is 268 g/mol. The molecular weight excluding hydrogens is 238 g/mol. The van der Waals surface area contributed by atoms with Gasteiger partial charge in [-0.25, -0.2) is 5.32 Å². The largest absolute Gasteiger partial charge is 0.343 e. The topological polar surface area (TPSA) is 46.4 Å². The molecule has 0 aromatic heterocycles. The van der Waals surface area contributed by atoms with Crippen LogP contribution in [0.1, 0.15) is 52.9 Å². The molecule has 4 nitrogen and oxygen atoms in total. The van der Waals surface area contributed by atoms with Gasteiger partial charge in [0.1, 0.15) is 0 Å². The Morgan fingerprint density at radius 2 is 1.95 bits per heavy atom. The highest BCUT2D eigenvalue weighted by atomic mass is 16.2. The molecule has 4 heteroatoms. The van der Waals surface area contributed by atoms with Gasteiger partial charge in [-0.2, -0.15) is 0 Å². The molecule has 0 aromatic carbocycles. The molecule has 0 spiro atoms. The number of hydrogen-bond acceptors (Lipinski definition) is 2. The van der Waals surface area contributed by atoms with E-state index in [1.807, 2.05) is 18.7 Å². The van der Waals surface area contributed by atoms with Crippen molar-refractivity contribution in [3.8, 4) is 0 Å². The smallest absolute Gasteiger partial charge is 0.222 e. The van der Waals surface area contributed by atoms with Crippen molar-refractivity contribution in [2.24, 2.45) is 0 Å². The standard InChI is InChI=1S/C15H30N3O/c1-4-18(5-2)15(19)8-6-7-13(3)17-14-9-11-16-12-10-14/h13-14,17H,4-12H2,1-3H3. The number of piperidine rings is 1. The summed E-state index contributed by atoms with van der Waals surface area (Å²) in [4.78, 5) is 13.8. The van der Waals surface area contributed by atoms with E-state index in [-0.39, 0.29) is 0 Å². The third-order valence-electron chi connectivity index (χ3n) is 3.94. The molecule has 111 valence electrons. The highest BCUT2D eigenvalue weighted by Crippen LogP contribution is 2.08. The van der Waals surface area contributed by atoms with Gasteiger partial charge in [0.2, 0.25) is 5.91 Å². The quantitative estimate of drug-likeness (QED) is 0.729. The highest BCUT2D eigenvalue weighted by molar-refractivity contribution is 5.76. The normalized spacial score (nSPS) is 18.3. The van der Waals surface area contributed by atoms with Crippen LogP contribution in [0.5, 0.6) is 0 Å². The lowest BCUT2D eigenvalue weighted by Gasteiger charge is -2.26. The van der Waals surface area contributed by atoms with Crippen LogP contribution in [0, 0.1) is 0 Å².